The molecule has 12 heteroatoms. The third-order valence-corrected chi connectivity index (χ3v) is 5.14. The highest BCUT2D eigenvalue weighted by Crippen LogP contribution is 2.08. The van der Waals surface area contributed by atoms with Gasteiger partial charge in [0.1, 0.15) is 18.1 Å². The number of carbonyl (C=O) groups is 4. The number of hydrogen-bond donors (Lipinski definition) is 7. The largest absolute Gasteiger partial charge is 0.480 e. The summed E-state index contributed by atoms with van der Waals surface area (Å²) in [5, 5.41) is 17.2. The molecular formula is C23H37N7O5. The van der Waals surface area contributed by atoms with Crippen molar-refractivity contribution < 1.29 is 24.3 Å². The van der Waals surface area contributed by atoms with Gasteiger partial charge in [-0.25, -0.2) is 4.79 Å². The molecule has 194 valence electrons. The second kappa shape index (κ2) is 14.6. The molecule has 12 nitrogen and oxygen atoms in total. The molecule has 10 N–H and O–H groups in total. The lowest BCUT2D eigenvalue weighted by molar-refractivity contribution is -0.142. The molecule has 0 saturated carbocycles. The van der Waals surface area contributed by atoms with Crippen LogP contribution in [0.1, 0.15) is 39.2 Å². The SMILES string of the molecule is CC(N)C(=O)NC(Cc1ccccc1)C(=O)NC(C(=O)NC(CCCN=C(N)N)C(=O)O)C(C)C. The van der Waals surface area contributed by atoms with Gasteiger partial charge in [-0.3, -0.25) is 19.4 Å². The molecule has 0 aliphatic rings. The lowest BCUT2D eigenvalue weighted by Crippen LogP contribution is -2.58. The molecule has 1 rings (SSSR count). The summed E-state index contributed by atoms with van der Waals surface area (Å²) in [6.07, 6.45) is 0.605. The van der Waals surface area contributed by atoms with Gasteiger partial charge in [-0.15, -0.1) is 0 Å². The number of guanidine groups is 1. The number of carboxylic acid groups (broad SMARTS) is 1. The van der Waals surface area contributed by atoms with Crippen LogP contribution in [0, 0.1) is 5.92 Å². The number of nitrogens with two attached hydrogens (primary N) is 3. The molecule has 0 radical (unpaired) electrons. The predicted molar refractivity (Wildman–Crippen MR) is 132 cm³/mol. The maximum Gasteiger partial charge on any atom is 0.326 e. The molecule has 35 heavy (non-hydrogen) atoms. The van der Waals surface area contributed by atoms with Gasteiger partial charge >= 0.3 is 5.97 Å². The molecule has 0 aliphatic carbocycles. The first kappa shape index (κ1) is 29.4. The van der Waals surface area contributed by atoms with E-state index in [1.165, 1.54) is 6.92 Å². The van der Waals surface area contributed by atoms with Crippen molar-refractivity contribution >= 4 is 29.7 Å². The Morgan fingerprint density at radius 1 is 0.914 bits per heavy atom. The number of aliphatic imine (C=N–C) groups is 1. The van der Waals surface area contributed by atoms with Crippen LogP contribution in [0.15, 0.2) is 35.3 Å². The van der Waals surface area contributed by atoms with Crippen LogP contribution in [-0.2, 0) is 25.6 Å². The van der Waals surface area contributed by atoms with Crippen LogP contribution < -0.4 is 33.2 Å². The Balaban J connectivity index is 2.95. The maximum atomic E-state index is 13.1. The highest BCUT2D eigenvalue weighted by atomic mass is 16.4. The van der Waals surface area contributed by atoms with E-state index in [9.17, 15) is 24.3 Å². The molecule has 0 fully saturated rings. The zero-order valence-corrected chi connectivity index (χ0v) is 20.4. The quantitative estimate of drug-likeness (QED) is 0.0953. The fourth-order valence-electron chi connectivity index (χ4n) is 3.17. The topological polar surface area (TPSA) is 215 Å². The third kappa shape index (κ3) is 10.9. The van der Waals surface area contributed by atoms with Gasteiger partial charge in [0.05, 0.1) is 6.04 Å². The van der Waals surface area contributed by atoms with Crippen molar-refractivity contribution in [2.24, 2.45) is 28.1 Å². The zero-order valence-electron chi connectivity index (χ0n) is 20.4. The summed E-state index contributed by atoms with van der Waals surface area (Å²) in [5.41, 5.74) is 17.0. The third-order valence-electron chi connectivity index (χ3n) is 5.14. The zero-order chi connectivity index (χ0) is 26.5. The van der Waals surface area contributed by atoms with Crippen molar-refractivity contribution in [3.05, 3.63) is 35.9 Å². The molecule has 0 bridgehead atoms. The Bertz CT molecular complexity index is 886. The summed E-state index contributed by atoms with van der Waals surface area (Å²) in [5.74, 6) is -3.45. The highest BCUT2D eigenvalue weighted by molar-refractivity contribution is 5.94. The Hall–Kier alpha value is -3.67. The Kier molecular flexibility index (Phi) is 12.2. The average Bonchev–Trinajstić information content (AvgIpc) is 2.78. The van der Waals surface area contributed by atoms with E-state index < -0.39 is 47.9 Å². The molecular weight excluding hydrogens is 454 g/mol. The van der Waals surface area contributed by atoms with Gasteiger partial charge in [-0.1, -0.05) is 44.2 Å². The van der Waals surface area contributed by atoms with Crippen LogP contribution in [-0.4, -0.2) is 65.5 Å². The second-order valence-electron chi connectivity index (χ2n) is 8.62. The minimum Gasteiger partial charge on any atom is -0.480 e. The number of carbonyl (C=O) groups excluding carboxylic acids is 3. The number of rotatable bonds is 14. The first-order valence-electron chi connectivity index (χ1n) is 11.4. The average molecular weight is 492 g/mol. The predicted octanol–water partition coefficient (Wildman–Crippen LogP) is -1.18. The summed E-state index contributed by atoms with van der Waals surface area (Å²) in [6, 6.07) is 5.02. The molecule has 4 unspecified atom stereocenters. The number of nitrogens with one attached hydrogen (secondary N) is 3. The summed E-state index contributed by atoms with van der Waals surface area (Å²) in [7, 11) is 0. The lowest BCUT2D eigenvalue weighted by atomic mass is 10.00. The number of carboxylic acids is 1. The summed E-state index contributed by atoms with van der Waals surface area (Å²) < 4.78 is 0. The summed E-state index contributed by atoms with van der Waals surface area (Å²) in [6.45, 7) is 5.14. The minimum absolute atomic E-state index is 0.0949. The van der Waals surface area contributed by atoms with Gasteiger partial charge < -0.3 is 38.3 Å². The molecule has 0 aliphatic heterocycles. The van der Waals surface area contributed by atoms with Crippen LogP contribution in [0.4, 0.5) is 0 Å². The van der Waals surface area contributed by atoms with E-state index in [1.54, 1.807) is 26.0 Å². The standard InChI is InChI=1S/C23H37N7O5/c1-13(2)18(21(33)28-16(22(34)35)10-7-11-27-23(25)26)30-20(32)17(29-19(31)14(3)24)12-15-8-5-4-6-9-15/h4-6,8-9,13-14,16-18H,7,10-12,24H2,1-3H3,(H,28,33)(H,29,31)(H,30,32)(H,34,35)(H4,25,26,27). The van der Waals surface area contributed by atoms with Crippen LogP contribution >= 0.6 is 0 Å². The number of amides is 3. The van der Waals surface area contributed by atoms with Gasteiger partial charge in [0.15, 0.2) is 5.96 Å². The Morgan fingerprint density at radius 2 is 1.51 bits per heavy atom. The van der Waals surface area contributed by atoms with Crippen molar-refractivity contribution in [1.29, 1.82) is 0 Å². The molecule has 3 amide bonds. The van der Waals surface area contributed by atoms with Crippen molar-refractivity contribution in [2.75, 3.05) is 6.54 Å². The van der Waals surface area contributed by atoms with Gasteiger partial charge in [0, 0.05) is 13.0 Å². The molecule has 0 saturated heterocycles. The first-order chi connectivity index (χ1) is 16.4. The first-order valence-corrected chi connectivity index (χ1v) is 11.4. The lowest BCUT2D eigenvalue weighted by Gasteiger charge is -2.27. The number of hydrogen-bond acceptors (Lipinski definition) is 6. The number of benzene rings is 1. The fraction of sp³-hybridized carbons (Fsp3) is 0.522. The van der Waals surface area contributed by atoms with Crippen LogP contribution in [0.2, 0.25) is 0 Å². The van der Waals surface area contributed by atoms with Crippen molar-refractivity contribution in [3.63, 3.8) is 0 Å². The Labute approximate surface area is 205 Å². The van der Waals surface area contributed by atoms with Crippen molar-refractivity contribution in [3.8, 4) is 0 Å². The maximum absolute atomic E-state index is 13.1. The van der Waals surface area contributed by atoms with Crippen LogP contribution in [0.5, 0.6) is 0 Å². The van der Waals surface area contributed by atoms with Gasteiger partial charge in [0.2, 0.25) is 17.7 Å². The van der Waals surface area contributed by atoms with Crippen LogP contribution in [0.3, 0.4) is 0 Å². The highest BCUT2D eigenvalue weighted by Gasteiger charge is 2.31. The van der Waals surface area contributed by atoms with E-state index in [0.29, 0.717) is 6.42 Å². The monoisotopic (exact) mass is 491 g/mol. The smallest absolute Gasteiger partial charge is 0.326 e. The summed E-state index contributed by atoms with van der Waals surface area (Å²) >= 11 is 0. The van der Waals surface area contributed by atoms with Crippen molar-refractivity contribution in [1.82, 2.24) is 16.0 Å². The van der Waals surface area contributed by atoms with E-state index in [0.717, 1.165) is 5.56 Å². The van der Waals surface area contributed by atoms with Crippen molar-refractivity contribution in [2.45, 2.75) is 64.2 Å². The fourth-order valence-corrected chi connectivity index (χ4v) is 3.17. The molecule has 0 aromatic heterocycles. The van der Waals surface area contributed by atoms with E-state index in [4.69, 9.17) is 17.2 Å². The van der Waals surface area contributed by atoms with Crippen LogP contribution in [0.25, 0.3) is 0 Å². The minimum atomic E-state index is -1.22. The van der Waals surface area contributed by atoms with E-state index in [1.807, 2.05) is 18.2 Å². The van der Waals surface area contributed by atoms with E-state index >= 15 is 0 Å². The molecule has 1 aromatic rings. The Morgan fingerprint density at radius 3 is 2.03 bits per heavy atom. The second-order valence-corrected chi connectivity index (χ2v) is 8.62. The van der Waals surface area contributed by atoms with E-state index in [-0.39, 0.29) is 31.3 Å². The van der Waals surface area contributed by atoms with E-state index in [2.05, 4.69) is 20.9 Å². The molecule has 4 atom stereocenters. The molecule has 0 spiro atoms. The molecule has 0 heterocycles. The van der Waals surface area contributed by atoms with Gasteiger partial charge in [-0.05, 0) is 31.2 Å². The normalized spacial score (nSPS) is 14.2. The molecule has 1 aromatic carbocycles. The summed E-state index contributed by atoms with van der Waals surface area (Å²) in [4.78, 5) is 53.7. The number of aliphatic carboxylic acids is 1. The van der Waals surface area contributed by atoms with Gasteiger partial charge in [0.25, 0.3) is 0 Å². The van der Waals surface area contributed by atoms with Gasteiger partial charge in [-0.2, -0.15) is 0 Å². The number of nitrogens with zero attached hydrogens (tertiary/aromatic N) is 1.